The minimum Gasteiger partial charge on any atom is -0.488 e. The Kier molecular flexibility index (Phi) is 4.88. The maximum atomic E-state index is 11.4. The molecule has 1 aromatic rings. The highest BCUT2D eigenvalue weighted by molar-refractivity contribution is 5.90. The second-order valence-corrected chi connectivity index (χ2v) is 5.41. The molecule has 0 unspecified atom stereocenters. The number of methoxy groups -OCH3 is 1. The minimum absolute atomic E-state index is 0.240. The summed E-state index contributed by atoms with van der Waals surface area (Å²) in [5, 5.41) is 0. The Morgan fingerprint density at radius 2 is 2.00 bits per heavy atom. The van der Waals surface area contributed by atoms with Crippen molar-refractivity contribution in [3.63, 3.8) is 0 Å². The van der Waals surface area contributed by atoms with Crippen molar-refractivity contribution in [1.29, 1.82) is 0 Å². The second kappa shape index (κ2) is 6.64. The number of hydrogen-bond donors (Lipinski definition) is 1. The molecular formula is C16H23NO3. The number of rotatable bonds is 4. The highest BCUT2D eigenvalue weighted by Gasteiger charge is 2.22. The topological polar surface area (TPSA) is 61.5 Å². The zero-order chi connectivity index (χ0) is 14.5. The first-order chi connectivity index (χ1) is 9.63. The Morgan fingerprint density at radius 3 is 2.55 bits per heavy atom. The van der Waals surface area contributed by atoms with Gasteiger partial charge in [0.05, 0.1) is 24.5 Å². The van der Waals surface area contributed by atoms with Gasteiger partial charge >= 0.3 is 5.97 Å². The fourth-order valence-electron chi connectivity index (χ4n) is 2.74. The molecule has 1 aliphatic carbocycles. The number of nitrogens with two attached hydrogens (primary N) is 1. The number of carbonyl (C=O) groups excluding carboxylic acids is 1. The largest absolute Gasteiger partial charge is 0.488 e. The highest BCUT2D eigenvalue weighted by atomic mass is 16.5. The molecule has 0 atom stereocenters. The standard InChI is InChI=1S/C16H23NO3/c1-3-11-4-7-13(8-5-11)20-15-9-6-12(10-14(15)17)16(18)19-2/h6,9-11,13H,3-5,7-8,17H2,1-2H3. The van der Waals surface area contributed by atoms with E-state index in [0.29, 0.717) is 17.0 Å². The summed E-state index contributed by atoms with van der Waals surface area (Å²) in [4.78, 5) is 11.4. The predicted molar refractivity (Wildman–Crippen MR) is 78.9 cm³/mol. The van der Waals surface area contributed by atoms with Crippen LogP contribution in [0.25, 0.3) is 0 Å². The van der Waals surface area contributed by atoms with Gasteiger partial charge in [0, 0.05) is 0 Å². The summed E-state index contributed by atoms with van der Waals surface area (Å²) in [6.07, 6.45) is 6.10. The van der Waals surface area contributed by atoms with E-state index in [0.717, 1.165) is 18.8 Å². The van der Waals surface area contributed by atoms with Crippen LogP contribution in [0.4, 0.5) is 5.69 Å². The Labute approximate surface area is 120 Å². The number of hydrogen-bond acceptors (Lipinski definition) is 4. The second-order valence-electron chi connectivity index (χ2n) is 5.41. The van der Waals surface area contributed by atoms with Crippen LogP contribution in [0.2, 0.25) is 0 Å². The van der Waals surface area contributed by atoms with Crippen molar-refractivity contribution >= 4 is 11.7 Å². The van der Waals surface area contributed by atoms with E-state index in [4.69, 9.17) is 10.5 Å². The summed E-state index contributed by atoms with van der Waals surface area (Å²) in [5.41, 5.74) is 6.89. The number of ether oxygens (including phenoxy) is 2. The molecule has 4 heteroatoms. The van der Waals surface area contributed by atoms with Gasteiger partial charge in [-0.25, -0.2) is 4.79 Å². The third-order valence-electron chi connectivity index (χ3n) is 4.10. The molecule has 1 aromatic carbocycles. The molecule has 0 amide bonds. The molecule has 20 heavy (non-hydrogen) atoms. The number of carbonyl (C=O) groups is 1. The fourth-order valence-corrected chi connectivity index (χ4v) is 2.74. The van der Waals surface area contributed by atoms with E-state index in [2.05, 4.69) is 11.7 Å². The first-order valence-electron chi connectivity index (χ1n) is 7.28. The number of nitrogen functional groups attached to an aromatic ring is 1. The molecule has 2 rings (SSSR count). The van der Waals surface area contributed by atoms with Gasteiger partial charge in [-0.15, -0.1) is 0 Å². The van der Waals surface area contributed by atoms with E-state index >= 15 is 0 Å². The monoisotopic (exact) mass is 277 g/mol. The van der Waals surface area contributed by atoms with Crippen LogP contribution in [-0.4, -0.2) is 19.2 Å². The van der Waals surface area contributed by atoms with Crippen LogP contribution >= 0.6 is 0 Å². The molecule has 4 nitrogen and oxygen atoms in total. The molecule has 0 bridgehead atoms. The van der Waals surface area contributed by atoms with Crippen molar-refractivity contribution in [2.24, 2.45) is 5.92 Å². The molecule has 1 fully saturated rings. The first-order valence-corrected chi connectivity index (χ1v) is 7.28. The van der Waals surface area contributed by atoms with Crippen molar-refractivity contribution < 1.29 is 14.3 Å². The lowest BCUT2D eigenvalue weighted by molar-refractivity contribution is 0.0600. The minimum atomic E-state index is -0.383. The summed E-state index contributed by atoms with van der Waals surface area (Å²) in [5.74, 6) is 1.12. The van der Waals surface area contributed by atoms with Crippen LogP contribution in [0.15, 0.2) is 18.2 Å². The van der Waals surface area contributed by atoms with E-state index < -0.39 is 0 Å². The molecule has 0 aliphatic heterocycles. The number of anilines is 1. The van der Waals surface area contributed by atoms with Crippen LogP contribution < -0.4 is 10.5 Å². The molecule has 0 heterocycles. The van der Waals surface area contributed by atoms with Gasteiger partial charge in [-0.2, -0.15) is 0 Å². The zero-order valence-corrected chi connectivity index (χ0v) is 12.2. The van der Waals surface area contributed by atoms with Crippen LogP contribution in [0.1, 0.15) is 49.4 Å². The third kappa shape index (κ3) is 3.44. The Bertz CT molecular complexity index is 465. The zero-order valence-electron chi connectivity index (χ0n) is 12.2. The lowest BCUT2D eigenvalue weighted by Crippen LogP contribution is -2.24. The fraction of sp³-hybridized carbons (Fsp3) is 0.562. The molecule has 1 saturated carbocycles. The predicted octanol–water partition coefficient (Wildman–Crippen LogP) is 3.40. The molecule has 1 aliphatic rings. The summed E-state index contributed by atoms with van der Waals surface area (Å²) in [6, 6.07) is 5.06. The average Bonchev–Trinajstić information content (AvgIpc) is 2.49. The number of esters is 1. The molecule has 110 valence electrons. The lowest BCUT2D eigenvalue weighted by Gasteiger charge is -2.28. The van der Waals surface area contributed by atoms with Crippen molar-refractivity contribution in [1.82, 2.24) is 0 Å². The van der Waals surface area contributed by atoms with Gasteiger partial charge in [0.2, 0.25) is 0 Å². The van der Waals surface area contributed by atoms with Crippen molar-refractivity contribution in [3.05, 3.63) is 23.8 Å². The smallest absolute Gasteiger partial charge is 0.337 e. The summed E-state index contributed by atoms with van der Waals surface area (Å²) in [7, 11) is 1.36. The van der Waals surface area contributed by atoms with E-state index in [1.54, 1.807) is 18.2 Å². The Morgan fingerprint density at radius 1 is 1.30 bits per heavy atom. The Hall–Kier alpha value is -1.71. The SMILES string of the molecule is CCC1CCC(Oc2ccc(C(=O)OC)cc2N)CC1. The lowest BCUT2D eigenvalue weighted by atomic mass is 9.86. The highest BCUT2D eigenvalue weighted by Crippen LogP contribution is 2.31. The van der Waals surface area contributed by atoms with Gasteiger partial charge in [0.25, 0.3) is 0 Å². The van der Waals surface area contributed by atoms with Crippen molar-refractivity contribution in [3.8, 4) is 5.75 Å². The average molecular weight is 277 g/mol. The maximum absolute atomic E-state index is 11.4. The van der Waals surface area contributed by atoms with Crippen LogP contribution in [0.3, 0.4) is 0 Å². The quantitative estimate of drug-likeness (QED) is 0.676. The Balaban J connectivity index is 1.98. The summed E-state index contributed by atoms with van der Waals surface area (Å²) >= 11 is 0. The van der Waals surface area contributed by atoms with Crippen LogP contribution in [-0.2, 0) is 4.74 Å². The molecular weight excluding hydrogens is 254 g/mol. The normalized spacial score (nSPS) is 22.3. The maximum Gasteiger partial charge on any atom is 0.337 e. The van der Waals surface area contributed by atoms with E-state index in [1.165, 1.54) is 26.4 Å². The van der Waals surface area contributed by atoms with Gasteiger partial charge in [0.15, 0.2) is 0 Å². The van der Waals surface area contributed by atoms with Gasteiger partial charge < -0.3 is 15.2 Å². The third-order valence-corrected chi connectivity index (χ3v) is 4.10. The first kappa shape index (κ1) is 14.7. The molecule has 0 saturated heterocycles. The van der Waals surface area contributed by atoms with E-state index in [9.17, 15) is 4.79 Å². The summed E-state index contributed by atoms with van der Waals surface area (Å²) in [6.45, 7) is 2.25. The van der Waals surface area contributed by atoms with E-state index in [1.807, 2.05) is 0 Å². The number of benzene rings is 1. The molecule has 0 spiro atoms. The van der Waals surface area contributed by atoms with E-state index in [-0.39, 0.29) is 12.1 Å². The summed E-state index contributed by atoms with van der Waals surface area (Å²) < 4.78 is 10.6. The van der Waals surface area contributed by atoms with Crippen LogP contribution in [0.5, 0.6) is 5.75 Å². The van der Waals surface area contributed by atoms with Gasteiger partial charge in [-0.05, 0) is 49.8 Å². The van der Waals surface area contributed by atoms with Gasteiger partial charge in [0.1, 0.15) is 5.75 Å². The molecule has 2 N–H and O–H groups in total. The molecule has 0 aromatic heterocycles. The van der Waals surface area contributed by atoms with Gasteiger partial charge in [-0.1, -0.05) is 13.3 Å². The van der Waals surface area contributed by atoms with Gasteiger partial charge in [-0.3, -0.25) is 0 Å². The molecule has 0 radical (unpaired) electrons. The van der Waals surface area contributed by atoms with Crippen molar-refractivity contribution in [2.45, 2.75) is 45.1 Å². The van der Waals surface area contributed by atoms with Crippen LogP contribution in [0, 0.1) is 5.92 Å². The van der Waals surface area contributed by atoms with Crippen molar-refractivity contribution in [2.75, 3.05) is 12.8 Å².